The van der Waals surface area contributed by atoms with Gasteiger partial charge in [0, 0.05) is 12.5 Å². The maximum Gasteiger partial charge on any atom is 0.404 e. The number of carbonyl (C=O) groups is 2. The standard InChI is InChI=1S/C6H11NO2.C3H3O2/c1-3-4-5(2)9-6(7)8;1-2-3(4)5/h3,5H,1,4H2,2H3,(H2,7,8);2H,1H2. The van der Waals surface area contributed by atoms with Crippen molar-refractivity contribution in [3.63, 3.8) is 0 Å². The van der Waals surface area contributed by atoms with Crippen LogP contribution in [0.5, 0.6) is 0 Å². The SMILES string of the molecule is C=CC([O])=O.C=CCC(C)OC(N)=O. The molecular weight excluding hydrogens is 186 g/mol. The van der Waals surface area contributed by atoms with E-state index in [4.69, 9.17) is 15.6 Å². The third kappa shape index (κ3) is 16.7. The summed E-state index contributed by atoms with van der Waals surface area (Å²) < 4.78 is 4.56. The highest BCUT2D eigenvalue weighted by atomic mass is 16.6. The van der Waals surface area contributed by atoms with E-state index >= 15 is 0 Å². The molecule has 0 saturated heterocycles. The molecular formula is C9H14NO4. The quantitative estimate of drug-likeness (QED) is 0.545. The third-order valence-corrected chi connectivity index (χ3v) is 0.983. The van der Waals surface area contributed by atoms with Crippen LogP contribution in [0, 0.1) is 0 Å². The lowest BCUT2D eigenvalue weighted by Crippen LogP contribution is -2.19. The Morgan fingerprint density at radius 3 is 2.14 bits per heavy atom. The number of primary amides is 1. The molecule has 1 unspecified atom stereocenters. The molecule has 1 amide bonds. The first-order valence-electron chi connectivity index (χ1n) is 3.84. The van der Waals surface area contributed by atoms with Crippen LogP contribution < -0.4 is 5.73 Å². The molecule has 0 spiro atoms. The molecule has 2 N–H and O–H groups in total. The van der Waals surface area contributed by atoms with E-state index in [0.717, 1.165) is 6.08 Å². The molecule has 0 aromatic carbocycles. The van der Waals surface area contributed by atoms with Crippen molar-refractivity contribution < 1.29 is 19.4 Å². The first kappa shape index (κ1) is 14.7. The predicted octanol–water partition coefficient (Wildman–Crippen LogP) is 1.18. The van der Waals surface area contributed by atoms with E-state index in [-0.39, 0.29) is 6.10 Å². The molecule has 0 rings (SSSR count). The van der Waals surface area contributed by atoms with E-state index in [2.05, 4.69) is 17.9 Å². The van der Waals surface area contributed by atoms with Gasteiger partial charge in [-0.15, -0.1) is 6.58 Å². The maximum atomic E-state index is 10.1. The first-order valence-corrected chi connectivity index (χ1v) is 3.84. The van der Waals surface area contributed by atoms with E-state index < -0.39 is 12.1 Å². The molecule has 1 atom stereocenters. The Labute approximate surface area is 82.9 Å². The fourth-order valence-corrected chi connectivity index (χ4v) is 0.481. The zero-order valence-electron chi connectivity index (χ0n) is 8.06. The monoisotopic (exact) mass is 200 g/mol. The van der Waals surface area contributed by atoms with Gasteiger partial charge in [0.15, 0.2) is 0 Å². The van der Waals surface area contributed by atoms with Crippen LogP contribution in [0.15, 0.2) is 25.3 Å². The van der Waals surface area contributed by atoms with Crippen molar-refractivity contribution in [1.82, 2.24) is 0 Å². The van der Waals surface area contributed by atoms with Crippen LogP contribution in [-0.4, -0.2) is 18.2 Å². The van der Waals surface area contributed by atoms with Crippen LogP contribution in [0.4, 0.5) is 4.79 Å². The van der Waals surface area contributed by atoms with E-state index in [1.807, 2.05) is 0 Å². The van der Waals surface area contributed by atoms with Gasteiger partial charge in [-0.25, -0.2) is 14.7 Å². The largest absolute Gasteiger partial charge is 0.446 e. The fraction of sp³-hybridized carbons (Fsp3) is 0.333. The minimum atomic E-state index is -1.23. The van der Waals surface area contributed by atoms with Crippen molar-refractivity contribution in [2.45, 2.75) is 19.4 Å². The molecule has 0 aromatic heterocycles. The summed E-state index contributed by atoms with van der Waals surface area (Å²) in [5.74, 6) is -1.23. The second-order valence-corrected chi connectivity index (χ2v) is 2.30. The van der Waals surface area contributed by atoms with E-state index in [9.17, 15) is 4.79 Å². The normalized spacial score (nSPS) is 10.1. The van der Waals surface area contributed by atoms with Gasteiger partial charge in [-0.2, -0.15) is 0 Å². The average Bonchev–Trinajstić information content (AvgIpc) is 2.04. The number of nitrogens with two attached hydrogens (primary N) is 1. The molecule has 14 heavy (non-hydrogen) atoms. The lowest BCUT2D eigenvalue weighted by Gasteiger charge is -2.06. The molecule has 79 valence electrons. The van der Waals surface area contributed by atoms with Gasteiger partial charge in [0.1, 0.15) is 6.10 Å². The molecule has 0 saturated carbocycles. The topological polar surface area (TPSA) is 89.3 Å². The molecule has 0 aliphatic heterocycles. The van der Waals surface area contributed by atoms with Crippen LogP contribution in [0.25, 0.3) is 0 Å². The summed E-state index contributed by atoms with van der Waals surface area (Å²) in [6, 6.07) is 0. The Hall–Kier alpha value is -1.78. The zero-order valence-corrected chi connectivity index (χ0v) is 8.06. The zero-order chi connectivity index (χ0) is 11.6. The molecule has 0 heterocycles. The second-order valence-electron chi connectivity index (χ2n) is 2.30. The Kier molecular flexibility index (Phi) is 9.79. The lowest BCUT2D eigenvalue weighted by molar-refractivity contribution is -0.137. The van der Waals surface area contributed by atoms with Crippen LogP contribution in [-0.2, 0) is 14.6 Å². The van der Waals surface area contributed by atoms with E-state index in [1.54, 1.807) is 13.0 Å². The summed E-state index contributed by atoms with van der Waals surface area (Å²) in [4.78, 5) is 19.2. The van der Waals surface area contributed by atoms with Crippen LogP contribution in [0.3, 0.4) is 0 Å². The van der Waals surface area contributed by atoms with E-state index in [0.29, 0.717) is 6.42 Å². The van der Waals surface area contributed by atoms with Gasteiger partial charge in [0.25, 0.3) is 0 Å². The second kappa shape index (κ2) is 9.31. The van der Waals surface area contributed by atoms with Crippen molar-refractivity contribution >= 4 is 12.1 Å². The molecule has 0 bridgehead atoms. The van der Waals surface area contributed by atoms with Gasteiger partial charge < -0.3 is 10.5 Å². The van der Waals surface area contributed by atoms with Crippen LogP contribution >= 0.6 is 0 Å². The van der Waals surface area contributed by atoms with Crippen molar-refractivity contribution in [3.8, 4) is 0 Å². The molecule has 5 heteroatoms. The van der Waals surface area contributed by atoms with Crippen molar-refractivity contribution in [2.24, 2.45) is 5.73 Å². The Balaban J connectivity index is 0. The highest BCUT2D eigenvalue weighted by Gasteiger charge is 2.01. The molecule has 5 nitrogen and oxygen atoms in total. The fourth-order valence-electron chi connectivity index (χ4n) is 0.481. The van der Waals surface area contributed by atoms with Crippen LogP contribution in [0.1, 0.15) is 13.3 Å². The minimum absolute atomic E-state index is 0.153. The minimum Gasteiger partial charge on any atom is -0.446 e. The summed E-state index contributed by atoms with van der Waals surface area (Å²) in [5, 5.41) is 9.14. The maximum absolute atomic E-state index is 10.1. The van der Waals surface area contributed by atoms with Gasteiger partial charge in [-0.05, 0) is 6.92 Å². The Morgan fingerprint density at radius 2 is 1.93 bits per heavy atom. The Bertz CT molecular complexity index is 213. The molecule has 0 aliphatic rings. The summed E-state index contributed by atoms with van der Waals surface area (Å²) in [5.41, 5.74) is 4.73. The average molecular weight is 200 g/mol. The molecule has 0 fully saturated rings. The van der Waals surface area contributed by atoms with Crippen molar-refractivity contribution in [3.05, 3.63) is 25.3 Å². The third-order valence-electron chi connectivity index (χ3n) is 0.983. The van der Waals surface area contributed by atoms with Gasteiger partial charge in [-0.3, -0.25) is 0 Å². The number of rotatable bonds is 4. The predicted molar refractivity (Wildman–Crippen MR) is 50.8 cm³/mol. The van der Waals surface area contributed by atoms with Crippen molar-refractivity contribution in [1.29, 1.82) is 0 Å². The smallest absolute Gasteiger partial charge is 0.404 e. The highest BCUT2D eigenvalue weighted by molar-refractivity contribution is 5.78. The summed E-state index contributed by atoms with van der Waals surface area (Å²) in [6.07, 6.45) is 2.15. The first-order chi connectivity index (χ1) is 6.43. The van der Waals surface area contributed by atoms with Crippen LogP contribution in [0.2, 0.25) is 0 Å². The summed E-state index contributed by atoms with van der Waals surface area (Å²) >= 11 is 0. The summed E-state index contributed by atoms with van der Waals surface area (Å²) in [7, 11) is 0. The number of amides is 1. The number of ether oxygens (including phenoxy) is 1. The van der Waals surface area contributed by atoms with E-state index in [1.165, 1.54) is 0 Å². The van der Waals surface area contributed by atoms with Gasteiger partial charge in [-0.1, -0.05) is 12.7 Å². The number of hydrogen-bond donors (Lipinski definition) is 1. The molecule has 0 aromatic rings. The number of carbonyl (C=O) groups excluding carboxylic acids is 2. The number of hydrogen-bond acceptors (Lipinski definition) is 3. The summed E-state index contributed by atoms with van der Waals surface area (Å²) in [6.45, 7) is 8.13. The molecule has 1 radical (unpaired) electrons. The molecule has 0 aliphatic carbocycles. The Morgan fingerprint density at radius 1 is 1.50 bits per heavy atom. The van der Waals surface area contributed by atoms with Gasteiger partial charge in [0.05, 0.1) is 0 Å². The lowest BCUT2D eigenvalue weighted by atomic mass is 10.3. The van der Waals surface area contributed by atoms with Gasteiger partial charge >= 0.3 is 12.1 Å². The highest BCUT2D eigenvalue weighted by Crippen LogP contribution is 1.95. The van der Waals surface area contributed by atoms with Gasteiger partial charge in [0.2, 0.25) is 0 Å². The van der Waals surface area contributed by atoms with Crippen molar-refractivity contribution in [2.75, 3.05) is 0 Å².